The fourth-order valence-electron chi connectivity index (χ4n) is 4.19. The molecular weight excluding hydrogens is 407 g/mol. The first-order chi connectivity index (χ1) is 14.4. The van der Waals surface area contributed by atoms with Crippen LogP contribution in [0.3, 0.4) is 0 Å². The van der Waals surface area contributed by atoms with Crippen molar-refractivity contribution in [1.82, 2.24) is 9.96 Å². The van der Waals surface area contributed by atoms with Crippen LogP contribution in [0.15, 0.2) is 36.4 Å². The summed E-state index contributed by atoms with van der Waals surface area (Å²) in [5.41, 5.74) is 1.000. The molecule has 30 heavy (non-hydrogen) atoms. The first kappa shape index (κ1) is 21.2. The second kappa shape index (κ2) is 8.21. The molecule has 0 spiro atoms. The maximum absolute atomic E-state index is 13.2. The largest absolute Gasteiger partial charge is 0.350 e. The Kier molecular flexibility index (Phi) is 5.79. The van der Waals surface area contributed by atoms with E-state index in [1.165, 1.54) is 9.96 Å². The van der Waals surface area contributed by atoms with Gasteiger partial charge in [0.25, 0.3) is 11.8 Å². The fraction of sp³-hybridized carbons (Fsp3) is 0.429. The minimum absolute atomic E-state index is 0.0570. The van der Waals surface area contributed by atoms with Crippen molar-refractivity contribution in [3.8, 4) is 0 Å². The van der Waals surface area contributed by atoms with Crippen LogP contribution in [0.25, 0.3) is 10.8 Å². The van der Waals surface area contributed by atoms with Gasteiger partial charge < -0.3 is 9.05 Å². The molecule has 9 heteroatoms. The van der Waals surface area contributed by atoms with E-state index in [2.05, 4.69) is 0 Å². The maximum Gasteiger partial charge on any atom is 0.350 e. The number of hydroxylamine groups is 2. The number of nitrogens with zero attached hydrogens (tertiary/aromatic N) is 2. The summed E-state index contributed by atoms with van der Waals surface area (Å²) >= 11 is 0. The van der Waals surface area contributed by atoms with Crippen molar-refractivity contribution in [1.29, 1.82) is 0 Å². The van der Waals surface area contributed by atoms with E-state index in [9.17, 15) is 14.2 Å². The quantitative estimate of drug-likeness (QED) is 0.488. The Bertz CT molecular complexity index is 981. The summed E-state index contributed by atoms with van der Waals surface area (Å²) in [6.07, 6.45) is -0.192. The summed E-state index contributed by atoms with van der Waals surface area (Å²) in [6, 6.07) is 10.9. The first-order valence-electron chi connectivity index (χ1n) is 10.1. The molecule has 0 radical (unpaired) electrons. The SMILES string of the molecule is CCOP(=O)(OCC)[C@@H]1C[C@H](CN2C(=O)c3cccc4cccc(c34)C2=O)ON1C. The first-order valence-corrected chi connectivity index (χ1v) is 11.7. The number of carbonyl (C=O) groups is 2. The molecule has 2 aromatic carbocycles. The van der Waals surface area contributed by atoms with Crippen LogP contribution in [-0.2, 0) is 18.5 Å². The van der Waals surface area contributed by atoms with Crippen molar-refractivity contribution in [2.24, 2.45) is 0 Å². The molecule has 2 atom stereocenters. The topological polar surface area (TPSA) is 85.4 Å². The van der Waals surface area contributed by atoms with Crippen LogP contribution in [0.2, 0.25) is 0 Å². The predicted molar refractivity (Wildman–Crippen MR) is 111 cm³/mol. The predicted octanol–water partition coefficient (Wildman–Crippen LogP) is 3.66. The zero-order valence-corrected chi connectivity index (χ0v) is 18.1. The molecule has 0 aromatic heterocycles. The van der Waals surface area contributed by atoms with Gasteiger partial charge in [-0.2, -0.15) is 5.06 Å². The van der Waals surface area contributed by atoms with Gasteiger partial charge in [-0.05, 0) is 31.4 Å². The third-order valence-corrected chi connectivity index (χ3v) is 7.94. The Hall–Kier alpha value is -2.09. The Morgan fingerprint density at radius 1 is 1.03 bits per heavy atom. The van der Waals surface area contributed by atoms with E-state index >= 15 is 0 Å². The van der Waals surface area contributed by atoms with Crippen molar-refractivity contribution in [3.63, 3.8) is 0 Å². The average molecular weight is 432 g/mol. The molecule has 4 rings (SSSR count). The van der Waals surface area contributed by atoms with E-state index in [1.807, 2.05) is 24.3 Å². The average Bonchev–Trinajstić information content (AvgIpc) is 3.10. The lowest BCUT2D eigenvalue weighted by Gasteiger charge is -2.28. The van der Waals surface area contributed by atoms with Crippen LogP contribution in [0, 0.1) is 0 Å². The molecule has 8 nitrogen and oxygen atoms in total. The maximum atomic E-state index is 13.2. The minimum Gasteiger partial charge on any atom is -0.308 e. The monoisotopic (exact) mass is 432 g/mol. The normalized spacial score (nSPS) is 22.3. The molecule has 0 N–H and O–H groups in total. The number of imide groups is 1. The number of carbonyl (C=O) groups excluding carboxylic acids is 2. The zero-order chi connectivity index (χ0) is 21.5. The highest BCUT2D eigenvalue weighted by molar-refractivity contribution is 7.54. The molecule has 1 fully saturated rings. The van der Waals surface area contributed by atoms with Crippen molar-refractivity contribution >= 4 is 30.2 Å². The van der Waals surface area contributed by atoms with Gasteiger partial charge in [-0.15, -0.1) is 0 Å². The van der Waals surface area contributed by atoms with Crippen molar-refractivity contribution in [2.75, 3.05) is 26.8 Å². The zero-order valence-electron chi connectivity index (χ0n) is 17.2. The van der Waals surface area contributed by atoms with Crippen LogP contribution >= 0.6 is 7.60 Å². The highest BCUT2D eigenvalue weighted by Crippen LogP contribution is 2.57. The molecule has 160 valence electrons. The van der Waals surface area contributed by atoms with E-state index < -0.39 is 19.5 Å². The van der Waals surface area contributed by atoms with Crippen LogP contribution < -0.4 is 0 Å². The highest BCUT2D eigenvalue weighted by atomic mass is 31.2. The fourth-order valence-corrected chi connectivity index (χ4v) is 6.27. The summed E-state index contributed by atoms with van der Waals surface area (Å²) in [5.74, 6) is -1.30. The summed E-state index contributed by atoms with van der Waals surface area (Å²) < 4.78 is 24.1. The van der Waals surface area contributed by atoms with E-state index in [4.69, 9.17) is 13.9 Å². The third-order valence-electron chi connectivity index (χ3n) is 5.43. The summed E-state index contributed by atoms with van der Waals surface area (Å²) in [4.78, 5) is 33.2. The lowest BCUT2D eigenvalue weighted by atomic mass is 9.94. The van der Waals surface area contributed by atoms with Crippen LogP contribution in [0.4, 0.5) is 0 Å². The molecule has 1 saturated heterocycles. The lowest BCUT2D eigenvalue weighted by Crippen LogP contribution is -2.44. The Labute approximate surface area is 175 Å². The van der Waals surface area contributed by atoms with Crippen LogP contribution in [0.5, 0.6) is 0 Å². The van der Waals surface area contributed by atoms with Gasteiger partial charge in [-0.1, -0.05) is 24.3 Å². The third kappa shape index (κ3) is 3.49. The van der Waals surface area contributed by atoms with Gasteiger partial charge in [0.2, 0.25) is 0 Å². The molecule has 0 saturated carbocycles. The standard InChI is InChI=1S/C21H25N2O6P/c1-4-27-30(26,28-5-2)18-12-15(29-22(18)3)13-23-20(24)16-10-6-8-14-9-7-11-17(19(14)16)21(23)25/h6-11,15,18H,4-5,12-13H2,1-3H3/t15-,18-/m1/s1. The van der Waals surface area contributed by atoms with Crippen molar-refractivity contribution < 1.29 is 28.0 Å². The number of benzene rings is 2. The van der Waals surface area contributed by atoms with E-state index in [0.29, 0.717) is 22.9 Å². The molecule has 2 aliphatic heterocycles. The van der Waals surface area contributed by atoms with E-state index in [-0.39, 0.29) is 31.6 Å². The van der Waals surface area contributed by atoms with Gasteiger partial charge in [0.05, 0.1) is 25.9 Å². The van der Waals surface area contributed by atoms with Gasteiger partial charge >= 0.3 is 7.60 Å². The smallest absolute Gasteiger partial charge is 0.308 e. The van der Waals surface area contributed by atoms with Gasteiger partial charge in [0.1, 0.15) is 5.78 Å². The van der Waals surface area contributed by atoms with Crippen LogP contribution in [-0.4, -0.2) is 60.5 Å². The molecule has 0 aliphatic carbocycles. The Balaban J connectivity index is 1.58. The summed E-state index contributed by atoms with van der Waals surface area (Å²) in [5, 5.41) is 3.01. The molecule has 2 amide bonds. The molecule has 0 unspecified atom stereocenters. The number of amides is 2. The summed E-state index contributed by atoms with van der Waals surface area (Å²) in [7, 11) is -1.76. The van der Waals surface area contributed by atoms with Gasteiger partial charge in [-0.3, -0.25) is 23.9 Å². The minimum atomic E-state index is -3.42. The molecule has 2 heterocycles. The number of rotatable bonds is 7. The Morgan fingerprint density at radius 3 is 2.13 bits per heavy atom. The van der Waals surface area contributed by atoms with Gasteiger partial charge in [0, 0.05) is 30.0 Å². The van der Waals surface area contributed by atoms with E-state index in [1.54, 1.807) is 33.0 Å². The molecule has 2 aromatic rings. The van der Waals surface area contributed by atoms with Gasteiger partial charge in [0.15, 0.2) is 0 Å². The molecule has 2 aliphatic rings. The van der Waals surface area contributed by atoms with Gasteiger partial charge in [-0.25, -0.2) is 0 Å². The van der Waals surface area contributed by atoms with Crippen LogP contribution in [0.1, 0.15) is 41.0 Å². The summed E-state index contributed by atoms with van der Waals surface area (Å²) in [6.45, 7) is 4.05. The van der Waals surface area contributed by atoms with E-state index in [0.717, 1.165) is 5.39 Å². The molecular formula is C21H25N2O6P. The second-order valence-corrected chi connectivity index (χ2v) is 9.49. The molecule has 0 bridgehead atoms. The number of hydrogen-bond acceptors (Lipinski definition) is 7. The van der Waals surface area contributed by atoms with Crippen molar-refractivity contribution in [2.45, 2.75) is 32.2 Å². The Morgan fingerprint density at radius 2 is 1.60 bits per heavy atom. The lowest BCUT2D eigenvalue weighted by molar-refractivity contribution is -0.137. The van der Waals surface area contributed by atoms with Crippen molar-refractivity contribution in [3.05, 3.63) is 47.5 Å². The highest BCUT2D eigenvalue weighted by Gasteiger charge is 2.47. The second-order valence-electron chi connectivity index (χ2n) is 7.30. The number of hydrogen-bond donors (Lipinski definition) is 0.